The summed E-state index contributed by atoms with van der Waals surface area (Å²) in [6.07, 6.45) is 7.14. The largest absolute Gasteiger partial charge is 0.304 e. The minimum atomic E-state index is -0.817. The van der Waals surface area contributed by atoms with Crippen molar-refractivity contribution in [3.8, 4) is 11.4 Å². The molecule has 0 spiro atoms. The maximum atomic E-state index is 13.7. The second kappa shape index (κ2) is 8.66. The van der Waals surface area contributed by atoms with Crippen LogP contribution in [0, 0.1) is 18.7 Å². The smallest absolute Gasteiger partial charge is 0.287 e. The second-order valence-corrected chi connectivity index (χ2v) is 7.75. The fourth-order valence-electron chi connectivity index (χ4n) is 4.03. The number of benzene rings is 1. The maximum Gasteiger partial charge on any atom is 0.287 e. The molecule has 2 aromatic heterocycles. The summed E-state index contributed by atoms with van der Waals surface area (Å²) < 4.78 is 13.7. The molecule has 5 nitrogen and oxygen atoms in total. The number of aromatic nitrogens is 3. The van der Waals surface area contributed by atoms with E-state index in [1.54, 1.807) is 0 Å². The summed E-state index contributed by atoms with van der Waals surface area (Å²) in [5.41, 5.74) is 2.70. The Labute approximate surface area is 169 Å². The van der Waals surface area contributed by atoms with Gasteiger partial charge in [-0.15, -0.1) is 0 Å². The van der Waals surface area contributed by atoms with E-state index in [4.69, 9.17) is 0 Å². The molecule has 1 N–H and O–H groups in total. The number of aromatic amines is 1. The van der Waals surface area contributed by atoms with E-state index in [1.165, 1.54) is 12.5 Å². The molecule has 29 heavy (non-hydrogen) atoms. The van der Waals surface area contributed by atoms with Crippen LogP contribution in [0.3, 0.4) is 0 Å². The van der Waals surface area contributed by atoms with Crippen LogP contribution in [-0.2, 0) is 13.0 Å². The van der Waals surface area contributed by atoms with Gasteiger partial charge in [0.05, 0.1) is 5.69 Å². The number of hydrogen-bond donors (Lipinski definition) is 1. The van der Waals surface area contributed by atoms with Gasteiger partial charge in [-0.25, -0.2) is 4.98 Å². The van der Waals surface area contributed by atoms with Gasteiger partial charge in [0.2, 0.25) is 5.82 Å². The zero-order valence-electron chi connectivity index (χ0n) is 16.6. The molecule has 4 rings (SSSR count). The molecule has 3 heterocycles. The first-order chi connectivity index (χ1) is 14.1. The van der Waals surface area contributed by atoms with Crippen LogP contribution in [0.15, 0.2) is 53.6 Å². The zero-order chi connectivity index (χ0) is 20.2. The third-order valence-corrected chi connectivity index (χ3v) is 5.68. The Hall–Kier alpha value is -2.86. The number of H-pyrrole nitrogens is 1. The topological polar surface area (TPSA) is 61.9 Å². The van der Waals surface area contributed by atoms with Crippen molar-refractivity contribution in [3.05, 3.63) is 81.8 Å². The zero-order valence-corrected chi connectivity index (χ0v) is 16.6. The summed E-state index contributed by atoms with van der Waals surface area (Å²) in [5, 5.41) is 0. The molecule has 0 atom stereocenters. The molecule has 1 fully saturated rings. The molecule has 0 unspecified atom stereocenters. The van der Waals surface area contributed by atoms with Crippen molar-refractivity contribution < 1.29 is 4.39 Å². The first kappa shape index (κ1) is 19.5. The van der Waals surface area contributed by atoms with E-state index in [0.29, 0.717) is 11.7 Å². The Morgan fingerprint density at radius 2 is 1.86 bits per heavy atom. The third kappa shape index (κ3) is 4.59. The molecule has 150 valence electrons. The van der Waals surface area contributed by atoms with Gasteiger partial charge in [0.15, 0.2) is 0 Å². The molecular weight excluding hydrogens is 367 g/mol. The molecule has 0 bridgehead atoms. The molecule has 0 amide bonds. The highest BCUT2D eigenvalue weighted by Gasteiger charge is 2.21. The van der Waals surface area contributed by atoms with Crippen molar-refractivity contribution in [2.75, 3.05) is 13.1 Å². The average molecular weight is 392 g/mol. The van der Waals surface area contributed by atoms with Crippen molar-refractivity contribution in [2.24, 2.45) is 5.92 Å². The highest BCUT2D eigenvalue weighted by molar-refractivity contribution is 5.60. The van der Waals surface area contributed by atoms with E-state index in [9.17, 15) is 9.18 Å². The molecule has 3 aromatic rings. The van der Waals surface area contributed by atoms with E-state index in [0.717, 1.165) is 50.0 Å². The summed E-state index contributed by atoms with van der Waals surface area (Å²) in [4.78, 5) is 25.2. The molecule has 0 aliphatic carbocycles. The van der Waals surface area contributed by atoms with Crippen molar-refractivity contribution >= 4 is 0 Å². The number of halogens is 1. The fraction of sp³-hybridized carbons (Fsp3) is 0.348. The molecule has 1 aliphatic heterocycles. The van der Waals surface area contributed by atoms with Crippen LogP contribution >= 0.6 is 0 Å². The van der Waals surface area contributed by atoms with Gasteiger partial charge >= 0.3 is 0 Å². The second-order valence-electron chi connectivity index (χ2n) is 7.75. The molecular formula is C23H25FN4O. The van der Waals surface area contributed by atoms with Crippen LogP contribution in [0.4, 0.5) is 4.39 Å². The van der Waals surface area contributed by atoms with Crippen LogP contribution in [0.5, 0.6) is 0 Å². The minimum Gasteiger partial charge on any atom is -0.304 e. The lowest BCUT2D eigenvalue weighted by atomic mass is 9.90. The van der Waals surface area contributed by atoms with Crippen LogP contribution in [0.25, 0.3) is 11.4 Å². The van der Waals surface area contributed by atoms with E-state index >= 15 is 0 Å². The SMILES string of the molecule is Cc1nc(-c2ccccc2CN2CCC(Cc3ccncc3)CC2)[nH]c(=O)c1F. The Morgan fingerprint density at radius 3 is 2.59 bits per heavy atom. The number of rotatable bonds is 5. The van der Waals surface area contributed by atoms with Crippen molar-refractivity contribution in [1.82, 2.24) is 19.9 Å². The quantitative estimate of drug-likeness (QED) is 0.719. The van der Waals surface area contributed by atoms with E-state index in [2.05, 4.69) is 38.1 Å². The van der Waals surface area contributed by atoms with Gasteiger partial charge in [0.25, 0.3) is 5.56 Å². The number of piperidine rings is 1. The number of hydrogen-bond acceptors (Lipinski definition) is 4. The van der Waals surface area contributed by atoms with Crippen LogP contribution in [0.2, 0.25) is 0 Å². The summed E-state index contributed by atoms with van der Waals surface area (Å²) in [7, 11) is 0. The monoisotopic (exact) mass is 392 g/mol. The molecule has 1 saturated heterocycles. The lowest BCUT2D eigenvalue weighted by Gasteiger charge is -2.32. The summed E-state index contributed by atoms with van der Waals surface area (Å²) in [6, 6.07) is 12.1. The Morgan fingerprint density at radius 1 is 1.14 bits per heavy atom. The molecule has 0 radical (unpaired) electrons. The Kier molecular flexibility index (Phi) is 5.81. The number of nitrogens with one attached hydrogen (secondary N) is 1. The van der Waals surface area contributed by atoms with Crippen LogP contribution < -0.4 is 5.56 Å². The first-order valence-corrected chi connectivity index (χ1v) is 10.1. The molecule has 0 saturated carbocycles. The summed E-state index contributed by atoms with van der Waals surface area (Å²) >= 11 is 0. The molecule has 6 heteroatoms. The van der Waals surface area contributed by atoms with Crippen LogP contribution in [0.1, 0.15) is 29.7 Å². The summed E-state index contributed by atoms with van der Waals surface area (Å²) in [6.45, 7) is 4.38. The number of nitrogens with zero attached hydrogens (tertiary/aromatic N) is 3. The van der Waals surface area contributed by atoms with Crippen LogP contribution in [-0.4, -0.2) is 32.9 Å². The first-order valence-electron chi connectivity index (χ1n) is 10.1. The van der Waals surface area contributed by atoms with Gasteiger partial charge in [0, 0.05) is 24.5 Å². The van der Waals surface area contributed by atoms with Gasteiger partial charge in [-0.3, -0.25) is 14.7 Å². The van der Waals surface area contributed by atoms with Crippen molar-refractivity contribution in [2.45, 2.75) is 32.7 Å². The predicted octanol–water partition coefficient (Wildman–Crippen LogP) is 3.73. The van der Waals surface area contributed by atoms with E-state index < -0.39 is 11.4 Å². The lowest BCUT2D eigenvalue weighted by molar-refractivity contribution is 0.177. The maximum absolute atomic E-state index is 13.7. The number of aryl methyl sites for hydroxylation is 1. The van der Waals surface area contributed by atoms with Gasteiger partial charge in [-0.05, 0) is 68.5 Å². The number of pyridine rings is 1. The van der Waals surface area contributed by atoms with Gasteiger partial charge in [-0.2, -0.15) is 4.39 Å². The average Bonchev–Trinajstić information content (AvgIpc) is 2.74. The Balaban J connectivity index is 1.44. The Bertz CT molecular complexity index is 1030. The molecule has 1 aliphatic rings. The van der Waals surface area contributed by atoms with E-state index in [-0.39, 0.29) is 5.69 Å². The third-order valence-electron chi connectivity index (χ3n) is 5.68. The van der Waals surface area contributed by atoms with Gasteiger partial charge in [-0.1, -0.05) is 24.3 Å². The normalized spacial score (nSPS) is 15.5. The van der Waals surface area contributed by atoms with Crippen molar-refractivity contribution in [1.29, 1.82) is 0 Å². The van der Waals surface area contributed by atoms with Crippen molar-refractivity contribution in [3.63, 3.8) is 0 Å². The summed E-state index contributed by atoms with van der Waals surface area (Å²) in [5.74, 6) is 0.307. The van der Waals surface area contributed by atoms with Gasteiger partial charge in [0.1, 0.15) is 5.82 Å². The van der Waals surface area contributed by atoms with Gasteiger partial charge < -0.3 is 4.98 Å². The highest BCUT2D eigenvalue weighted by Crippen LogP contribution is 2.26. The number of likely N-dealkylation sites (tertiary alicyclic amines) is 1. The predicted molar refractivity (Wildman–Crippen MR) is 111 cm³/mol. The standard InChI is InChI=1S/C23H25FN4O/c1-16-21(24)23(29)27-22(26-16)20-5-3-2-4-19(20)15-28-12-8-18(9-13-28)14-17-6-10-25-11-7-17/h2-7,10-11,18H,8-9,12-15H2,1H3,(H,26,27,29). The fourth-order valence-corrected chi connectivity index (χ4v) is 4.03. The minimum absolute atomic E-state index is 0.121. The van der Waals surface area contributed by atoms with E-state index in [1.807, 2.05) is 30.6 Å². The lowest BCUT2D eigenvalue weighted by Crippen LogP contribution is -2.34. The molecule has 1 aromatic carbocycles. The highest BCUT2D eigenvalue weighted by atomic mass is 19.1.